The van der Waals surface area contributed by atoms with Crippen molar-refractivity contribution in [3.05, 3.63) is 0 Å². The molecule has 0 aliphatic carbocycles. The third-order valence-electron chi connectivity index (χ3n) is 1.74. The van der Waals surface area contributed by atoms with Crippen LogP contribution in [-0.2, 0) is 23.9 Å². The lowest BCUT2D eigenvalue weighted by molar-refractivity contribution is -0.185. The van der Waals surface area contributed by atoms with Gasteiger partial charge >= 0.3 is 70.0 Å². The number of esters is 1. The molecular formula is C8H15Mg2NO8. The van der Waals surface area contributed by atoms with Crippen molar-refractivity contribution in [3.8, 4) is 0 Å². The first-order valence-corrected chi connectivity index (χ1v) is 4.32. The van der Waals surface area contributed by atoms with Crippen LogP contribution in [0.4, 0.5) is 0 Å². The van der Waals surface area contributed by atoms with Crippen LogP contribution in [0.5, 0.6) is 0 Å². The molecule has 5 N–H and O–H groups in total. The third kappa shape index (κ3) is 8.20. The number of nitrogens with two attached hydrogens (primary N) is 1. The number of carbonyl (C=O) groups is 4. The van der Waals surface area contributed by atoms with Crippen LogP contribution in [-0.4, -0.2) is 97.4 Å². The topological polar surface area (TPSA) is 164 Å². The van der Waals surface area contributed by atoms with Crippen LogP contribution >= 0.6 is 0 Å². The Balaban J connectivity index is -0.00000128. The molecule has 104 valence electrons. The number of rotatable bonds is 7. The van der Waals surface area contributed by atoms with Gasteiger partial charge in [0.05, 0.1) is 19.4 Å². The molecule has 0 heterocycles. The van der Waals surface area contributed by atoms with E-state index >= 15 is 0 Å². The number of carboxylic acids is 3. The van der Waals surface area contributed by atoms with Gasteiger partial charge in [0.1, 0.15) is 0 Å². The van der Waals surface area contributed by atoms with Crippen molar-refractivity contribution in [2.75, 3.05) is 6.54 Å². The van der Waals surface area contributed by atoms with E-state index in [0.29, 0.717) is 0 Å². The van der Waals surface area contributed by atoms with Gasteiger partial charge in [0.15, 0.2) is 0 Å². The molecule has 9 nitrogen and oxygen atoms in total. The van der Waals surface area contributed by atoms with Crippen molar-refractivity contribution in [3.63, 3.8) is 0 Å². The van der Waals surface area contributed by atoms with E-state index in [1.807, 2.05) is 0 Å². The minimum absolute atomic E-state index is 0. The summed E-state index contributed by atoms with van der Waals surface area (Å²) in [6.07, 6.45) is -2.33. The summed E-state index contributed by atoms with van der Waals surface area (Å²) in [5, 5.41) is 25.9. The van der Waals surface area contributed by atoms with Gasteiger partial charge < -0.3 is 25.8 Å². The standard InChI is InChI=1S/C8H11NO8.2Mg.4H/c9-3-6(14)17-8(7(15)16,1-4(10)11)2-5(12)13;;;;;;/h1-3,9H2,(H,10,11)(H,12,13)(H,15,16);;;;;;. The molecule has 19 heavy (non-hydrogen) atoms. The molecule has 0 aliphatic rings. The molecule has 0 fully saturated rings. The van der Waals surface area contributed by atoms with E-state index in [4.69, 9.17) is 21.1 Å². The number of aliphatic carboxylic acids is 3. The highest BCUT2D eigenvalue weighted by Crippen LogP contribution is 2.22. The monoisotopic (exact) mass is 301 g/mol. The largest absolute Gasteiger partial charge is 0.481 e. The van der Waals surface area contributed by atoms with Crippen molar-refractivity contribution in [1.82, 2.24) is 0 Å². The van der Waals surface area contributed by atoms with E-state index in [9.17, 15) is 19.2 Å². The van der Waals surface area contributed by atoms with Crippen molar-refractivity contribution >= 4 is 70.0 Å². The summed E-state index contributed by atoms with van der Waals surface area (Å²) in [7, 11) is 0. The summed E-state index contributed by atoms with van der Waals surface area (Å²) in [5.74, 6) is -6.28. The zero-order valence-electron chi connectivity index (χ0n) is 8.58. The smallest absolute Gasteiger partial charge is 0.349 e. The van der Waals surface area contributed by atoms with E-state index < -0.39 is 48.9 Å². The quantitative estimate of drug-likeness (QED) is 0.275. The number of carbonyl (C=O) groups excluding carboxylic acids is 1. The minimum Gasteiger partial charge on any atom is -0.481 e. The Morgan fingerprint density at radius 2 is 1.32 bits per heavy atom. The number of hydrogen-bond donors (Lipinski definition) is 4. The summed E-state index contributed by atoms with van der Waals surface area (Å²) in [5.41, 5.74) is 2.23. The van der Waals surface area contributed by atoms with Gasteiger partial charge in [-0.05, 0) is 0 Å². The molecule has 0 atom stereocenters. The first-order chi connectivity index (χ1) is 7.73. The minimum atomic E-state index is -2.64. The maximum absolute atomic E-state index is 10.9. The Kier molecular flexibility index (Phi) is 12.6. The van der Waals surface area contributed by atoms with Gasteiger partial charge in [-0.25, -0.2) is 4.79 Å². The lowest BCUT2D eigenvalue weighted by Crippen LogP contribution is -2.48. The van der Waals surface area contributed by atoms with Crippen LogP contribution < -0.4 is 5.73 Å². The lowest BCUT2D eigenvalue weighted by Gasteiger charge is -2.25. The predicted molar refractivity (Wildman–Crippen MR) is 67.1 cm³/mol. The fourth-order valence-corrected chi connectivity index (χ4v) is 1.08. The predicted octanol–water partition coefficient (Wildman–Crippen LogP) is -3.57. The van der Waals surface area contributed by atoms with E-state index in [1.54, 1.807) is 0 Å². The molecule has 0 bridgehead atoms. The summed E-state index contributed by atoms with van der Waals surface area (Å²) in [6.45, 7) is -0.686. The zero-order valence-corrected chi connectivity index (χ0v) is 8.58. The molecule has 0 aliphatic heterocycles. The normalized spacial score (nSPS) is 9.53. The number of ether oxygens (including phenoxy) is 1. The zero-order chi connectivity index (χ0) is 13.6. The van der Waals surface area contributed by atoms with E-state index in [2.05, 4.69) is 4.74 Å². The molecule has 0 aromatic heterocycles. The fourth-order valence-electron chi connectivity index (χ4n) is 1.08. The van der Waals surface area contributed by atoms with Gasteiger partial charge in [0, 0.05) is 0 Å². The first-order valence-electron chi connectivity index (χ1n) is 4.32. The van der Waals surface area contributed by atoms with Gasteiger partial charge in [-0.1, -0.05) is 0 Å². The highest BCUT2D eigenvalue weighted by atomic mass is 24.3. The second-order valence-corrected chi connectivity index (χ2v) is 3.12. The van der Waals surface area contributed by atoms with E-state index in [-0.39, 0.29) is 46.1 Å². The van der Waals surface area contributed by atoms with Crippen molar-refractivity contribution in [2.24, 2.45) is 5.73 Å². The van der Waals surface area contributed by atoms with Crippen LogP contribution in [0.2, 0.25) is 0 Å². The average Bonchev–Trinajstić information content (AvgIpc) is 2.14. The Morgan fingerprint density at radius 3 is 1.53 bits per heavy atom. The van der Waals surface area contributed by atoms with E-state index in [0.717, 1.165) is 0 Å². The van der Waals surface area contributed by atoms with Gasteiger partial charge in [0.2, 0.25) is 5.60 Å². The van der Waals surface area contributed by atoms with Gasteiger partial charge in [-0.2, -0.15) is 0 Å². The Morgan fingerprint density at radius 1 is 0.947 bits per heavy atom. The molecule has 0 aromatic rings. The SMILES string of the molecule is NCC(=O)OC(CC(=O)O)(CC(=O)O)C(=O)O.[MgH2].[MgH2]. The Hall–Kier alpha value is -0.628. The Labute approximate surface area is 139 Å². The lowest BCUT2D eigenvalue weighted by atomic mass is 9.95. The fraction of sp³-hybridized carbons (Fsp3) is 0.500. The maximum Gasteiger partial charge on any atom is 0.349 e. The molecule has 11 heteroatoms. The van der Waals surface area contributed by atoms with Gasteiger partial charge in [-0.3, -0.25) is 14.4 Å². The van der Waals surface area contributed by atoms with Crippen molar-refractivity contribution in [1.29, 1.82) is 0 Å². The first kappa shape index (κ1) is 23.5. The molecule has 0 unspecified atom stereocenters. The maximum atomic E-state index is 10.9. The van der Waals surface area contributed by atoms with Crippen molar-refractivity contribution < 1.29 is 39.2 Å². The molecule has 0 radical (unpaired) electrons. The van der Waals surface area contributed by atoms with Crippen LogP contribution in [0.3, 0.4) is 0 Å². The number of carboxylic acid groups (broad SMARTS) is 3. The summed E-state index contributed by atoms with van der Waals surface area (Å²) in [4.78, 5) is 42.8. The van der Waals surface area contributed by atoms with Crippen LogP contribution in [0, 0.1) is 0 Å². The molecule has 0 amide bonds. The molecular weight excluding hydrogens is 287 g/mol. The number of hydrogen-bond acceptors (Lipinski definition) is 6. The van der Waals surface area contributed by atoms with Gasteiger partial charge in [-0.15, -0.1) is 0 Å². The average molecular weight is 302 g/mol. The summed E-state index contributed by atoms with van der Waals surface area (Å²) < 4.78 is 4.35. The van der Waals surface area contributed by atoms with Crippen LogP contribution in [0.1, 0.15) is 12.8 Å². The second kappa shape index (κ2) is 10.2. The van der Waals surface area contributed by atoms with Gasteiger partial charge in [0.25, 0.3) is 0 Å². The van der Waals surface area contributed by atoms with Crippen molar-refractivity contribution in [2.45, 2.75) is 18.4 Å². The molecule has 0 rings (SSSR count). The molecule has 0 saturated carbocycles. The Bertz CT molecular complexity index is 343. The highest BCUT2D eigenvalue weighted by Gasteiger charge is 2.46. The van der Waals surface area contributed by atoms with E-state index in [1.165, 1.54) is 0 Å². The third-order valence-corrected chi connectivity index (χ3v) is 1.74. The van der Waals surface area contributed by atoms with Crippen LogP contribution in [0.15, 0.2) is 0 Å². The summed E-state index contributed by atoms with van der Waals surface area (Å²) >= 11 is 0. The molecule has 0 spiro atoms. The highest BCUT2D eigenvalue weighted by molar-refractivity contribution is 5.90. The molecule has 0 saturated heterocycles. The second-order valence-electron chi connectivity index (χ2n) is 3.12. The summed E-state index contributed by atoms with van der Waals surface area (Å²) in [6, 6.07) is 0. The van der Waals surface area contributed by atoms with Crippen LogP contribution in [0.25, 0.3) is 0 Å². The molecule has 0 aromatic carbocycles.